The van der Waals surface area contributed by atoms with Crippen LogP contribution in [-0.2, 0) is 6.54 Å². The van der Waals surface area contributed by atoms with Gasteiger partial charge in [-0.2, -0.15) is 0 Å². The molecule has 0 atom stereocenters. The SMILES string of the molecule is CC(C)(NCc1cc(-c2ccccc2)cs1)C1CC1. The zero-order valence-corrected chi connectivity index (χ0v) is 12.5. The predicted molar refractivity (Wildman–Crippen MR) is 83.4 cm³/mol. The quantitative estimate of drug-likeness (QED) is 0.831. The Morgan fingerprint density at radius 1 is 1.16 bits per heavy atom. The summed E-state index contributed by atoms with van der Waals surface area (Å²) in [5.41, 5.74) is 2.94. The molecule has 0 amide bonds. The van der Waals surface area contributed by atoms with Crippen molar-refractivity contribution in [3.05, 3.63) is 46.7 Å². The van der Waals surface area contributed by atoms with E-state index in [2.05, 4.69) is 60.9 Å². The van der Waals surface area contributed by atoms with Gasteiger partial charge in [0, 0.05) is 17.0 Å². The Morgan fingerprint density at radius 3 is 2.58 bits per heavy atom. The molecule has 19 heavy (non-hydrogen) atoms. The number of thiophene rings is 1. The molecule has 2 aromatic rings. The van der Waals surface area contributed by atoms with E-state index in [1.54, 1.807) is 0 Å². The van der Waals surface area contributed by atoms with E-state index >= 15 is 0 Å². The number of hydrogen-bond acceptors (Lipinski definition) is 2. The van der Waals surface area contributed by atoms with Crippen molar-refractivity contribution in [3.8, 4) is 11.1 Å². The molecule has 0 bridgehead atoms. The van der Waals surface area contributed by atoms with Crippen LogP contribution in [0.5, 0.6) is 0 Å². The van der Waals surface area contributed by atoms with Crippen molar-refractivity contribution < 1.29 is 0 Å². The molecule has 2 heteroatoms. The summed E-state index contributed by atoms with van der Waals surface area (Å²) in [4.78, 5) is 1.42. The third kappa shape index (κ3) is 3.07. The molecule has 1 heterocycles. The maximum absolute atomic E-state index is 3.71. The van der Waals surface area contributed by atoms with Crippen LogP contribution in [0, 0.1) is 5.92 Å². The van der Waals surface area contributed by atoms with E-state index in [0.29, 0.717) is 0 Å². The van der Waals surface area contributed by atoms with Gasteiger partial charge in [0.15, 0.2) is 0 Å². The highest BCUT2D eigenvalue weighted by atomic mass is 32.1. The fourth-order valence-corrected chi connectivity index (χ4v) is 3.35. The van der Waals surface area contributed by atoms with Crippen molar-refractivity contribution in [3.63, 3.8) is 0 Å². The number of hydrogen-bond donors (Lipinski definition) is 1. The molecule has 1 aromatic heterocycles. The first-order chi connectivity index (χ1) is 9.15. The van der Waals surface area contributed by atoms with E-state index in [1.807, 2.05) is 11.3 Å². The second kappa shape index (κ2) is 5.10. The Hall–Kier alpha value is -1.12. The zero-order chi connectivity index (χ0) is 13.3. The third-order valence-electron chi connectivity index (χ3n) is 4.08. The Bertz CT molecular complexity index is 537. The van der Waals surface area contributed by atoms with E-state index < -0.39 is 0 Å². The van der Waals surface area contributed by atoms with Crippen molar-refractivity contribution in [2.45, 2.75) is 38.8 Å². The smallest absolute Gasteiger partial charge is 0.0305 e. The molecule has 100 valence electrons. The fraction of sp³-hybridized carbons (Fsp3) is 0.412. The Balaban J connectivity index is 1.65. The van der Waals surface area contributed by atoms with E-state index in [9.17, 15) is 0 Å². The van der Waals surface area contributed by atoms with Gasteiger partial charge in [-0.3, -0.25) is 0 Å². The Labute approximate surface area is 119 Å². The highest BCUT2D eigenvalue weighted by Crippen LogP contribution is 2.39. The first-order valence-corrected chi connectivity index (χ1v) is 7.91. The van der Waals surface area contributed by atoms with E-state index in [0.717, 1.165) is 12.5 Å². The molecule has 0 radical (unpaired) electrons. The minimum Gasteiger partial charge on any atom is -0.307 e. The zero-order valence-electron chi connectivity index (χ0n) is 11.6. The normalized spacial score (nSPS) is 15.7. The molecule has 0 spiro atoms. The fourth-order valence-electron chi connectivity index (χ4n) is 2.52. The lowest BCUT2D eigenvalue weighted by molar-refractivity contribution is 0.341. The van der Waals surface area contributed by atoms with Gasteiger partial charge in [-0.25, -0.2) is 0 Å². The largest absolute Gasteiger partial charge is 0.307 e. The summed E-state index contributed by atoms with van der Waals surface area (Å²) in [7, 11) is 0. The highest BCUT2D eigenvalue weighted by Gasteiger charge is 2.37. The monoisotopic (exact) mass is 271 g/mol. The maximum Gasteiger partial charge on any atom is 0.0305 e. The molecule has 1 saturated carbocycles. The van der Waals surface area contributed by atoms with Crippen LogP contribution in [-0.4, -0.2) is 5.54 Å². The Kier molecular flexibility index (Phi) is 3.46. The summed E-state index contributed by atoms with van der Waals surface area (Å²) in [5.74, 6) is 0.876. The second-order valence-electron chi connectivity index (χ2n) is 6.02. The lowest BCUT2D eigenvalue weighted by atomic mass is 9.99. The van der Waals surface area contributed by atoms with Gasteiger partial charge < -0.3 is 5.32 Å². The van der Waals surface area contributed by atoms with Gasteiger partial charge in [-0.05, 0) is 55.2 Å². The van der Waals surface area contributed by atoms with Crippen LogP contribution in [0.2, 0.25) is 0 Å². The molecule has 3 rings (SSSR count). The predicted octanol–water partition coefficient (Wildman–Crippen LogP) is 4.69. The van der Waals surface area contributed by atoms with E-state index in [4.69, 9.17) is 0 Å². The molecule has 1 fully saturated rings. The summed E-state index contributed by atoms with van der Waals surface area (Å²) in [6.45, 7) is 5.65. The summed E-state index contributed by atoms with van der Waals surface area (Å²) in [6.07, 6.45) is 2.78. The molecule has 0 aliphatic heterocycles. The summed E-state index contributed by atoms with van der Waals surface area (Å²) in [5, 5.41) is 5.97. The standard InChI is InChI=1S/C17H21NS/c1-17(2,15-8-9-15)18-11-16-10-14(12-19-16)13-6-4-3-5-7-13/h3-7,10,12,15,18H,8-9,11H2,1-2H3. The van der Waals surface area contributed by atoms with Crippen LogP contribution in [0.3, 0.4) is 0 Å². The van der Waals surface area contributed by atoms with Gasteiger partial charge in [-0.15, -0.1) is 11.3 Å². The van der Waals surface area contributed by atoms with Gasteiger partial charge in [-0.1, -0.05) is 30.3 Å². The summed E-state index contributed by atoms with van der Waals surface area (Å²) < 4.78 is 0. The molecule has 1 N–H and O–H groups in total. The molecule has 0 unspecified atom stereocenters. The average molecular weight is 271 g/mol. The topological polar surface area (TPSA) is 12.0 Å². The van der Waals surface area contributed by atoms with Gasteiger partial charge in [0.1, 0.15) is 0 Å². The lowest BCUT2D eigenvalue weighted by Crippen LogP contribution is -2.40. The first kappa shape index (κ1) is 12.9. The summed E-state index contributed by atoms with van der Waals surface area (Å²) >= 11 is 1.85. The number of benzene rings is 1. The third-order valence-corrected chi connectivity index (χ3v) is 5.01. The Morgan fingerprint density at radius 2 is 1.89 bits per heavy atom. The van der Waals surface area contributed by atoms with Crippen molar-refractivity contribution in [1.82, 2.24) is 5.32 Å². The second-order valence-corrected chi connectivity index (χ2v) is 7.01. The van der Waals surface area contributed by atoms with Crippen molar-refractivity contribution in [1.29, 1.82) is 0 Å². The molecule has 1 aliphatic rings. The van der Waals surface area contributed by atoms with Gasteiger partial charge in [0.05, 0.1) is 0 Å². The van der Waals surface area contributed by atoms with E-state index in [-0.39, 0.29) is 5.54 Å². The van der Waals surface area contributed by atoms with Crippen LogP contribution in [0.15, 0.2) is 41.8 Å². The lowest BCUT2D eigenvalue weighted by Gasteiger charge is -2.25. The number of rotatable bonds is 5. The number of nitrogens with one attached hydrogen (secondary N) is 1. The average Bonchev–Trinajstić information content (AvgIpc) is 3.18. The van der Waals surface area contributed by atoms with Crippen LogP contribution in [0.25, 0.3) is 11.1 Å². The van der Waals surface area contributed by atoms with Crippen molar-refractivity contribution in [2.24, 2.45) is 5.92 Å². The summed E-state index contributed by atoms with van der Waals surface area (Å²) in [6, 6.07) is 12.9. The van der Waals surface area contributed by atoms with Gasteiger partial charge >= 0.3 is 0 Å². The molecule has 1 aromatic carbocycles. The molecular formula is C17H21NS. The minimum absolute atomic E-state index is 0.289. The van der Waals surface area contributed by atoms with Gasteiger partial charge in [0.25, 0.3) is 0 Å². The minimum atomic E-state index is 0.289. The van der Waals surface area contributed by atoms with Crippen molar-refractivity contribution >= 4 is 11.3 Å². The van der Waals surface area contributed by atoms with Crippen LogP contribution in [0.4, 0.5) is 0 Å². The first-order valence-electron chi connectivity index (χ1n) is 7.03. The maximum atomic E-state index is 3.71. The van der Waals surface area contributed by atoms with Gasteiger partial charge in [0.2, 0.25) is 0 Å². The molecular weight excluding hydrogens is 250 g/mol. The molecule has 1 nitrogen and oxygen atoms in total. The highest BCUT2D eigenvalue weighted by molar-refractivity contribution is 7.10. The van der Waals surface area contributed by atoms with Crippen LogP contribution >= 0.6 is 11.3 Å². The molecule has 1 aliphatic carbocycles. The van der Waals surface area contributed by atoms with Crippen molar-refractivity contribution in [2.75, 3.05) is 0 Å². The van der Waals surface area contributed by atoms with E-state index in [1.165, 1.54) is 28.8 Å². The van der Waals surface area contributed by atoms with Crippen LogP contribution in [0.1, 0.15) is 31.6 Å². The molecule has 0 saturated heterocycles. The van der Waals surface area contributed by atoms with Crippen LogP contribution < -0.4 is 5.32 Å².